The first kappa shape index (κ1) is 22.3. The number of benzene rings is 3. The summed E-state index contributed by atoms with van der Waals surface area (Å²) in [4.78, 5) is 13.3. The van der Waals surface area contributed by atoms with Crippen molar-refractivity contribution in [2.75, 3.05) is 18.4 Å². The number of rotatable bonds is 5. The van der Waals surface area contributed by atoms with Gasteiger partial charge in [0.25, 0.3) is 0 Å². The standard InChI is InChI=1S/C26H26N4O3S/c1-18-24(20-8-3-2-4-9-20)25(29-28-18)27-26(31)21-13-15-30(16-14-21)34(32,33)23-12-11-19-7-5-6-10-22(19)17-23/h2-12,17,21H,13-16H2,1H3,(H2,27,28,29,31). The Bertz CT molecular complexity index is 1440. The third kappa shape index (κ3) is 4.22. The van der Waals surface area contributed by atoms with Crippen molar-refractivity contribution in [2.24, 2.45) is 5.92 Å². The lowest BCUT2D eigenvalue weighted by Crippen LogP contribution is -2.41. The SMILES string of the molecule is Cc1[nH]nc(NC(=O)C2CCN(S(=O)(=O)c3ccc4ccccc4c3)CC2)c1-c1ccccc1. The van der Waals surface area contributed by atoms with E-state index in [0.717, 1.165) is 27.6 Å². The number of amides is 1. The molecule has 0 spiro atoms. The first-order chi connectivity index (χ1) is 16.4. The Morgan fingerprint density at radius 2 is 1.65 bits per heavy atom. The Kier molecular flexibility index (Phi) is 5.93. The molecule has 2 heterocycles. The molecule has 7 nitrogen and oxygen atoms in total. The Labute approximate surface area is 198 Å². The zero-order valence-electron chi connectivity index (χ0n) is 18.9. The van der Waals surface area contributed by atoms with Crippen LogP contribution in [0.15, 0.2) is 77.7 Å². The number of aromatic amines is 1. The number of carbonyl (C=O) groups excluding carboxylic acids is 1. The van der Waals surface area contributed by atoms with E-state index in [-0.39, 0.29) is 16.7 Å². The van der Waals surface area contributed by atoms with Crippen molar-refractivity contribution >= 4 is 32.5 Å². The number of fused-ring (bicyclic) bond motifs is 1. The molecular formula is C26H26N4O3S. The van der Waals surface area contributed by atoms with Crippen molar-refractivity contribution in [2.45, 2.75) is 24.7 Å². The molecule has 1 fully saturated rings. The summed E-state index contributed by atoms with van der Waals surface area (Å²) in [5.41, 5.74) is 2.71. The van der Waals surface area contributed by atoms with Gasteiger partial charge in [0.05, 0.1) is 4.90 Å². The number of H-pyrrole nitrogens is 1. The van der Waals surface area contributed by atoms with Crippen molar-refractivity contribution in [3.05, 3.63) is 78.5 Å². The molecule has 174 valence electrons. The van der Waals surface area contributed by atoms with Crippen LogP contribution in [0.3, 0.4) is 0 Å². The molecule has 5 rings (SSSR count). The molecule has 0 saturated carbocycles. The second-order valence-corrected chi connectivity index (χ2v) is 10.6. The summed E-state index contributed by atoms with van der Waals surface area (Å²) in [5, 5.41) is 12.1. The first-order valence-electron chi connectivity index (χ1n) is 11.3. The lowest BCUT2D eigenvalue weighted by molar-refractivity contribution is -0.120. The van der Waals surface area contributed by atoms with Gasteiger partial charge in [-0.3, -0.25) is 9.89 Å². The second kappa shape index (κ2) is 9.04. The summed E-state index contributed by atoms with van der Waals surface area (Å²) in [6.45, 7) is 2.53. The lowest BCUT2D eigenvalue weighted by atomic mass is 9.97. The van der Waals surface area contributed by atoms with Crippen molar-refractivity contribution < 1.29 is 13.2 Å². The first-order valence-corrected chi connectivity index (χ1v) is 12.8. The molecule has 0 atom stereocenters. The van der Waals surface area contributed by atoms with Crippen LogP contribution in [-0.2, 0) is 14.8 Å². The van der Waals surface area contributed by atoms with Gasteiger partial charge in [0.2, 0.25) is 15.9 Å². The fourth-order valence-electron chi connectivity index (χ4n) is 4.53. The van der Waals surface area contributed by atoms with Gasteiger partial charge in [0.1, 0.15) is 0 Å². The molecule has 3 aromatic carbocycles. The summed E-state index contributed by atoms with van der Waals surface area (Å²) in [6, 6.07) is 22.7. The van der Waals surface area contributed by atoms with Crippen LogP contribution in [0.5, 0.6) is 0 Å². The van der Waals surface area contributed by atoms with Crippen molar-refractivity contribution in [1.82, 2.24) is 14.5 Å². The van der Waals surface area contributed by atoms with Gasteiger partial charge in [-0.15, -0.1) is 0 Å². The number of hydrogen-bond donors (Lipinski definition) is 2. The number of nitrogens with one attached hydrogen (secondary N) is 2. The van der Waals surface area contributed by atoms with Gasteiger partial charge in [-0.1, -0.05) is 60.7 Å². The smallest absolute Gasteiger partial charge is 0.243 e. The monoisotopic (exact) mass is 474 g/mol. The highest BCUT2D eigenvalue weighted by atomic mass is 32.2. The number of nitrogens with zero attached hydrogens (tertiary/aromatic N) is 2. The predicted molar refractivity (Wildman–Crippen MR) is 133 cm³/mol. The third-order valence-corrected chi connectivity index (χ3v) is 8.33. The van der Waals surface area contributed by atoms with Crippen LogP contribution in [-0.4, -0.2) is 41.9 Å². The van der Waals surface area contributed by atoms with Crippen molar-refractivity contribution in [3.63, 3.8) is 0 Å². The normalized spacial score (nSPS) is 15.4. The van der Waals surface area contributed by atoms with E-state index in [2.05, 4.69) is 15.5 Å². The summed E-state index contributed by atoms with van der Waals surface area (Å²) >= 11 is 0. The van der Waals surface area contributed by atoms with Crippen LogP contribution in [0.25, 0.3) is 21.9 Å². The fourth-order valence-corrected chi connectivity index (χ4v) is 6.04. The molecule has 0 aliphatic carbocycles. The van der Waals surface area contributed by atoms with E-state index in [9.17, 15) is 13.2 Å². The summed E-state index contributed by atoms with van der Waals surface area (Å²) in [7, 11) is -3.62. The van der Waals surface area contributed by atoms with E-state index in [4.69, 9.17) is 0 Å². The van der Waals surface area contributed by atoms with E-state index >= 15 is 0 Å². The largest absolute Gasteiger partial charge is 0.308 e. The predicted octanol–water partition coefficient (Wildman–Crippen LogP) is 4.58. The quantitative estimate of drug-likeness (QED) is 0.443. The number of anilines is 1. The minimum atomic E-state index is -3.62. The van der Waals surface area contributed by atoms with E-state index in [0.29, 0.717) is 31.7 Å². The average Bonchev–Trinajstić information content (AvgIpc) is 3.23. The number of aryl methyl sites for hydroxylation is 1. The summed E-state index contributed by atoms with van der Waals surface area (Å²) in [5.74, 6) is 0.0926. The lowest BCUT2D eigenvalue weighted by Gasteiger charge is -2.30. The van der Waals surface area contributed by atoms with E-state index in [1.54, 1.807) is 12.1 Å². The highest BCUT2D eigenvalue weighted by Gasteiger charge is 2.32. The summed E-state index contributed by atoms with van der Waals surface area (Å²) < 4.78 is 27.9. The zero-order chi connectivity index (χ0) is 23.7. The maximum atomic E-state index is 13.2. The number of sulfonamides is 1. The van der Waals surface area contributed by atoms with Gasteiger partial charge < -0.3 is 5.32 Å². The molecule has 1 saturated heterocycles. The molecule has 8 heteroatoms. The van der Waals surface area contributed by atoms with Crippen LogP contribution < -0.4 is 5.32 Å². The maximum Gasteiger partial charge on any atom is 0.243 e. The molecule has 1 aliphatic rings. The number of aromatic nitrogens is 2. The number of piperidine rings is 1. The van der Waals surface area contributed by atoms with Gasteiger partial charge in [0, 0.05) is 30.3 Å². The summed E-state index contributed by atoms with van der Waals surface area (Å²) in [6.07, 6.45) is 0.922. The van der Waals surface area contributed by atoms with Gasteiger partial charge in [-0.2, -0.15) is 9.40 Å². The van der Waals surface area contributed by atoms with Crippen LogP contribution in [0.1, 0.15) is 18.5 Å². The van der Waals surface area contributed by atoms with Gasteiger partial charge in [-0.05, 0) is 48.2 Å². The van der Waals surface area contributed by atoms with Crippen LogP contribution >= 0.6 is 0 Å². The molecule has 1 aromatic heterocycles. The minimum Gasteiger partial charge on any atom is -0.308 e. The second-order valence-electron chi connectivity index (χ2n) is 8.61. The van der Waals surface area contributed by atoms with Crippen molar-refractivity contribution in [3.8, 4) is 11.1 Å². The van der Waals surface area contributed by atoms with Gasteiger partial charge >= 0.3 is 0 Å². The zero-order valence-corrected chi connectivity index (χ0v) is 19.7. The molecule has 1 aliphatic heterocycles. The molecule has 34 heavy (non-hydrogen) atoms. The van der Waals surface area contributed by atoms with Gasteiger partial charge in [-0.25, -0.2) is 8.42 Å². The van der Waals surface area contributed by atoms with Gasteiger partial charge in [0.15, 0.2) is 5.82 Å². The van der Waals surface area contributed by atoms with E-state index in [1.165, 1.54) is 4.31 Å². The molecule has 0 radical (unpaired) electrons. The third-order valence-electron chi connectivity index (χ3n) is 6.43. The Morgan fingerprint density at radius 1 is 0.971 bits per heavy atom. The number of hydrogen-bond acceptors (Lipinski definition) is 4. The van der Waals surface area contributed by atoms with Crippen LogP contribution in [0.4, 0.5) is 5.82 Å². The minimum absolute atomic E-state index is 0.133. The fraction of sp³-hybridized carbons (Fsp3) is 0.231. The molecule has 0 bridgehead atoms. The molecule has 2 N–H and O–H groups in total. The Balaban J connectivity index is 1.27. The Hall–Kier alpha value is -3.49. The van der Waals surface area contributed by atoms with E-state index < -0.39 is 10.0 Å². The number of carbonyl (C=O) groups is 1. The highest BCUT2D eigenvalue weighted by Crippen LogP contribution is 2.31. The maximum absolute atomic E-state index is 13.2. The van der Waals surface area contributed by atoms with Crippen LogP contribution in [0.2, 0.25) is 0 Å². The Morgan fingerprint density at radius 3 is 2.38 bits per heavy atom. The van der Waals surface area contributed by atoms with Crippen molar-refractivity contribution in [1.29, 1.82) is 0 Å². The van der Waals surface area contributed by atoms with Crippen LogP contribution in [0, 0.1) is 12.8 Å². The molecule has 0 unspecified atom stereocenters. The topological polar surface area (TPSA) is 95.2 Å². The molecule has 1 amide bonds. The average molecular weight is 475 g/mol. The molecule has 4 aromatic rings. The molecular weight excluding hydrogens is 448 g/mol. The highest BCUT2D eigenvalue weighted by molar-refractivity contribution is 7.89. The van der Waals surface area contributed by atoms with E-state index in [1.807, 2.05) is 67.6 Å².